The molecule has 1 aliphatic heterocycles. The van der Waals surface area contributed by atoms with Crippen LogP contribution in [0.1, 0.15) is 37.8 Å². The van der Waals surface area contributed by atoms with Crippen molar-refractivity contribution >= 4 is 34.9 Å². The van der Waals surface area contributed by atoms with Gasteiger partial charge < -0.3 is 9.80 Å². The summed E-state index contributed by atoms with van der Waals surface area (Å²) in [6, 6.07) is 0.451. The third-order valence-electron chi connectivity index (χ3n) is 4.88. The number of thiazole rings is 1. The summed E-state index contributed by atoms with van der Waals surface area (Å²) in [5.74, 6) is 1.08. The largest absolute Gasteiger partial charge is 0.345 e. The first-order valence-electron chi connectivity index (χ1n) is 8.61. The highest BCUT2D eigenvalue weighted by molar-refractivity contribution is 8.01. The van der Waals surface area contributed by atoms with E-state index in [9.17, 15) is 9.59 Å². The van der Waals surface area contributed by atoms with Crippen molar-refractivity contribution < 1.29 is 9.59 Å². The van der Waals surface area contributed by atoms with Crippen molar-refractivity contribution in [3.05, 3.63) is 11.1 Å². The van der Waals surface area contributed by atoms with Crippen molar-refractivity contribution in [1.29, 1.82) is 0 Å². The molecule has 0 radical (unpaired) electrons. The Morgan fingerprint density at radius 3 is 2.88 bits per heavy atom. The molecule has 0 bridgehead atoms. The van der Waals surface area contributed by atoms with Crippen LogP contribution in [-0.2, 0) is 9.59 Å². The Bertz CT molecular complexity index is 598. The van der Waals surface area contributed by atoms with E-state index in [4.69, 9.17) is 0 Å². The Morgan fingerprint density at radius 1 is 1.46 bits per heavy atom. The molecule has 132 valence electrons. The minimum Gasteiger partial charge on any atom is -0.345 e. The van der Waals surface area contributed by atoms with E-state index in [0.29, 0.717) is 24.8 Å². The van der Waals surface area contributed by atoms with Gasteiger partial charge in [0, 0.05) is 49.6 Å². The Kier molecular flexibility index (Phi) is 5.81. The molecule has 5 nitrogen and oxygen atoms in total. The number of carbonyl (C=O) groups excluding carboxylic acids is 2. The molecule has 1 saturated carbocycles. The van der Waals surface area contributed by atoms with Crippen molar-refractivity contribution in [2.75, 3.05) is 25.9 Å². The molecule has 0 aromatic carbocycles. The van der Waals surface area contributed by atoms with Crippen LogP contribution in [0.25, 0.3) is 0 Å². The molecule has 1 saturated heterocycles. The molecular weight excluding hydrogens is 342 g/mol. The summed E-state index contributed by atoms with van der Waals surface area (Å²) in [6.45, 7) is 3.45. The fourth-order valence-corrected chi connectivity index (χ4v) is 5.41. The standard InChI is InChI=1S/C17H25N3O2S2/c1-12-10-23-17(18-12)24-11-16(22)19(2)8-13-7-15(21)20(9-13)14-5-3-4-6-14/h10,13-14H,3-9,11H2,1-2H3/t13-/m0/s1. The lowest BCUT2D eigenvalue weighted by molar-refractivity contribution is -0.130. The molecule has 0 spiro atoms. The molecule has 1 aromatic rings. The molecule has 1 aromatic heterocycles. The first-order valence-corrected chi connectivity index (χ1v) is 10.5. The van der Waals surface area contributed by atoms with Crippen LogP contribution < -0.4 is 0 Å². The number of hydrogen-bond acceptors (Lipinski definition) is 5. The summed E-state index contributed by atoms with van der Waals surface area (Å²) < 4.78 is 0.942. The summed E-state index contributed by atoms with van der Waals surface area (Å²) in [4.78, 5) is 32.8. The lowest BCUT2D eigenvalue weighted by Crippen LogP contribution is -2.37. The molecule has 3 rings (SSSR count). The van der Waals surface area contributed by atoms with Crippen molar-refractivity contribution in [1.82, 2.24) is 14.8 Å². The number of likely N-dealkylation sites (tertiary alicyclic amines) is 1. The van der Waals surface area contributed by atoms with Crippen LogP contribution in [0, 0.1) is 12.8 Å². The molecule has 7 heteroatoms. The van der Waals surface area contributed by atoms with E-state index in [2.05, 4.69) is 9.88 Å². The molecule has 1 atom stereocenters. The fraction of sp³-hybridized carbons (Fsp3) is 0.706. The second-order valence-electron chi connectivity index (χ2n) is 6.87. The van der Waals surface area contributed by atoms with Gasteiger partial charge in [0.15, 0.2) is 4.34 Å². The van der Waals surface area contributed by atoms with Gasteiger partial charge in [-0.2, -0.15) is 0 Å². The van der Waals surface area contributed by atoms with Crippen molar-refractivity contribution in [3.63, 3.8) is 0 Å². The molecular formula is C17H25N3O2S2. The zero-order valence-electron chi connectivity index (χ0n) is 14.4. The highest BCUT2D eigenvalue weighted by Crippen LogP contribution is 2.30. The van der Waals surface area contributed by atoms with Gasteiger partial charge in [0.05, 0.1) is 5.75 Å². The maximum Gasteiger partial charge on any atom is 0.232 e. The van der Waals surface area contributed by atoms with Gasteiger partial charge in [-0.3, -0.25) is 9.59 Å². The number of rotatable bonds is 6. The average molecular weight is 368 g/mol. The summed E-state index contributed by atoms with van der Waals surface area (Å²) in [5.41, 5.74) is 1.000. The molecule has 2 fully saturated rings. The van der Waals surface area contributed by atoms with E-state index in [-0.39, 0.29) is 17.7 Å². The number of thioether (sulfide) groups is 1. The van der Waals surface area contributed by atoms with E-state index in [1.807, 2.05) is 19.4 Å². The van der Waals surface area contributed by atoms with Crippen LogP contribution in [0.5, 0.6) is 0 Å². The molecule has 24 heavy (non-hydrogen) atoms. The Morgan fingerprint density at radius 2 is 2.21 bits per heavy atom. The monoisotopic (exact) mass is 367 g/mol. The summed E-state index contributed by atoms with van der Waals surface area (Å²) in [6.07, 6.45) is 5.37. The molecule has 2 amide bonds. The van der Waals surface area contributed by atoms with E-state index < -0.39 is 0 Å². The first kappa shape index (κ1) is 17.7. The van der Waals surface area contributed by atoms with Crippen LogP contribution in [0.15, 0.2) is 9.72 Å². The van der Waals surface area contributed by atoms with Gasteiger partial charge in [-0.15, -0.1) is 11.3 Å². The van der Waals surface area contributed by atoms with E-state index in [1.165, 1.54) is 24.6 Å². The number of aromatic nitrogens is 1. The van der Waals surface area contributed by atoms with Crippen LogP contribution in [-0.4, -0.2) is 58.5 Å². The smallest absolute Gasteiger partial charge is 0.232 e. The third kappa shape index (κ3) is 4.30. The molecule has 2 heterocycles. The van der Waals surface area contributed by atoms with Crippen LogP contribution in [0.3, 0.4) is 0 Å². The normalized spacial score (nSPS) is 21.7. The molecule has 0 unspecified atom stereocenters. The Balaban J connectivity index is 1.45. The number of aryl methyl sites for hydroxylation is 1. The molecule has 0 N–H and O–H groups in total. The Hall–Kier alpha value is -1.08. The first-order chi connectivity index (χ1) is 11.5. The van der Waals surface area contributed by atoms with Crippen molar-refractivity contribution in [2.24, 2.45) is 5.92 Å². The van der Waals surface area contributed by atoms with Crippen LogP contribution in [0.2, 0.25) is 0 Å². The van der Waals surface area contributed by atoms with Crippen LogP contribution in [0.4, 0.5) is 0 Å². The van der Waals surface area contributed by atoms with Gasteiger partial charge in [-0.1, -0.05) is 24.6 Å². The second-order valence-corrected chi connectivity index (χ2v) is 8.95. The maximum atomic E-state index is 12.3. The molecule has 1 aliphatic carbocycles. The van der Waals surface area contributed by atoms with E-state index in [0.717, 1.165) is 29.4 Å². The van der Waals surface area contributed by atoms with Crippen molar-refractivity contribution in [2.45, 2.75) is 49.4 Å². The van der Waals surface area contributed by atoms with Gasteiger partial charge in [0.25, 0.3) is 0 Å². The number of amides is 2. The van der Waals surface area contributed by atoms with E-state index >= 15 is 0 Å². The molecule has 2 aliphatic rings. The Labute approximate surface area is 151 Å². The van der Waals surface area contributed by atoms with Gasteiger partial charge in [-0.25, -0.2) is 4.98 Å². The minimum absolute atomic E-state index is 0.111. The summed E-state index contributed by atoms with van der Waals surface area (Å²) in [7, 11) is 1.85. The predicted octanol–water partition coefficient (Wildman–Crippen LogP) is 2.79. The minimum atomic E-state index is 0.111. The van der Waals surface area contributed by atoms with Gasteiger partial charge in [-0.05, 0) is 19.8 Å². The highest BCUT2D eigenvalue weighted by atomic mass is 32.2. The lowest BCUT2D eigenvalue weighted by atomic mass is 10.1. The number of carbonyl (C=O) groups is 2. The SMILES string of the molecule is Cc1csc(SCC(=O)N(C)C[C@@H]2CC(=O)N(C3CCCC3)C2)n1. The summed E-state index contributed by atoms with van der Waals surface area (Å²) >= 11 is 3.08. The third-order valence-corrected chi connectivity index (χ3v) is 7.00. The summed E-state index contributed by atoms with van der Waals surface area (Å²) in [5, 5.41) is 2.00. The van der Waals surface area contributed by atoms with Gasteiger partial charge in [0.2, 0.25) is 11.8 Å². The van der Waals surface area contributed by atoms with Gasteiger partial charge >= 0.3 is 0 Å². The average Bonchev–Trinajstić information content (AvgIpc) is 3.26. The number of nitrogens with zero attached hydrogens (tertiary/aromatic N) is 3. The second kappa shape index (κ2) is 7.87. The zero-order valence-corrected chi connectivity index (χ0v) is 16.0. The van der Waals surface area contributed by atoms with Crippen LogP contribution >= 0.6 is 23.1 Å². The lowest BCUT2D eigenvalue weighted by Gasteiger charge is -2.25. The number of hydrogen-bond donors (Lipinski definition) is 0. The topological polar surface area (TPSA) is 53.5 Å². The van der Waals surface area contributed by atoms with E-state index in [1.54, 1.807) is 16.2 Å². The van der Waals surface area contributed by atoms with Gasteiger partial charge in [0.1, 0.15) is 0 Å². The fourth-order valence-electron chi connectivity index (χ4n) is 3.62. The predicted molar refractivity (Wildman–Crippen MR) is 97.3 cm³/mol. The maximum absolute atomic E-state index is 12.3. The quantitative estimate of drug-likeness (QED) is 0.726. The highest BCUT2D eigenvalue weighted by Gasteiger charge is 2.36. The zero-order chi connectivity index (χ0) is 17.1. The van der Waals surface area contributed by atoms with Crippen molar-refractivity contribution in [3.8, 4) is 0 Å².